The second kappa shape index (κ2) is 8.08. The maximum Gasteiger partial charge on any atom is 0.319 e. The van der Waals surface area contributed by atoms with Gasteiger partial charge in [-0.25, -0.2) is 4.79 Å². The quantitative estimate of drug-likeness (QED) is 0.884. The Morgan fingerprint density at radius 3 is 2.83 bits per heavy atom. The molecule has 5 nitrogen and oxygen atoms in total. The largest absolute Gasteiger partial charge is 0.472 e. The van der Waals surface area contributed by atoms with Crippen molar-refractivity contribution in [2.24, 2.45) is 0 Å². The molecular weight excluding hydrogens is 310 g/mol. The van der Waals surface area contributed by atoms with Gasteiger partial charge in [0.25, 0.3) is 0 Å². The third-order valence-corrected chi connectivity index (χ3v) is 4.74. The Labute approximate surface area is 140 Å². The van der Waals surface area contributed by atoms with E-state index in [1.807, 2.05) is 36.0 Å². The summed E-state index contributed by atoms with van der Waals surface area (Å²) in [6.45, 7) is 3.53. The predicted molar refractivity (Wildman–Crippen MR) is 93.6 cm³/mol. The fourth-order valence-corrected chi connectivity index (χ4v) is 3.50. The van der Waals surface area contributed by atoms with Crippen LogP contribution in [-0.4, -0.2) is 35.5 Å². The Balaban J connectivity index is 1.57. The molecular formula is C17H21N3O2S. The SMILES string of the molecule is O=C(NCc1ccoc1)Nc1ccccc1CN1CCSCC1. The monoisotopic (exact) mass is 331 g/mol. The van der Waals surface area contributed by atoms with Gasteiger partial charge in [0.2, 0.25) is 0 Å². The Morgan fingerprint density at radius 2 is 2.04 bits per heavy atom. The molecule has 1 fully saturated rings. The standard InChI is InChI=1S/C17H21N3O2S/c21-17(18-11-14-5-8-22-13-14)19-16-4-2-1-3-15(16)12-20-6-9-23-10-7-20/h1-5,8,13H,6-7,9-12H2,(H2,18,19,21). The Hall–Kier alpha value is -1.92. The van der Waals surface area contributed by atoms with Crippen molar-refractivity contribution in [1.29, 1.82) is 0 Å². The lowest BCUT2D eigenvalue weighted by Gasteiger charge is -2.27. The lowest BCUT2D eigenvalue weighted by atomic mass is 10.1. The van der Waals surface area contributed by atoms with Crippen molar-refractivity contribution in [3.8, 4) is 0 Å². The van der Waals surface area contributed by atoms with E-state index in [9.17, 15) is 4.79 Å². The average molecular weight is 331 g/mol. The van der Waals surface area contributed by atoms with Crippen LogP contribution in [0.4, 0.5) is 10.5 Å². The number of anilines is 1. The van der Waals surface area contributed by atoms with Gasteiger partial charge in [-0.2, -0.15) is 11.8 Å². The Morgan fingerprint density at radius 1 is 1.22 bits per heavy atom. The minimum Gasteiger partial charge on any atom is -0.472 e. The number of benzene rings is 1. The molecule has 2 aromatic rings. The van der Waals surface area contributed by atoms with Crippen LogP contribution in [0.25, 0.3) is 0 Å². The molecule has 0 bridgehead atoms. The van der Waals surface area contributed by atoms with E-state index < -0.39 is 0 Å². The van der Waals surface area contributed by atoms with Crippen LogP contribution in [-0.2, 0) is 13.1 Å². The zero-order valence-electron chi connectivity index (χ0n) is 13.0. The first-order valence-electron chi connectivity index (χ1n) is 7.75. The Kier molecular flexibility index (Phi) is 5.60. The fourth-order valence-electron chi connectivity index (χ4n) is 2.52. The number of nitrogens with one attached hydrogen (secondary N) is 2. The van der Waals surface area contributed by atoms with Gasteiger partial charge in [-0.05, 0) is 17.7 Å². The van der Waals surface area contributed by atoms with E-state index in [1.54, 1.807) is 12.5 Å². The van der Waals surface area contributed by atoms with Crippen LogP contribution in [0.5, 0.6) is 0 Å². The molecule has 0 saturated carbocycles. The van der Waals surface area contributed by atoms with Gasteiger partial charge in [0.05, 0.1) is 12.5 Å². The molecule has 1 aliphatic heterocycles. The van der Waals surface area contributed by atoms with Crippen LogP contribution in [0.3, 0.4) is 0 Å². The first-order valence-corrected chi connectivity index (χ1v) is 8.90. The van der Waals surface area contributed by atoms with Crippen LogP contribution in [0, 0.1) is 0 Å². The molecule has 0 unspecified atom stereocenters. The second-order valence-electron chi connectivity index (χ2n) is 5.48. The number of para-hydroxylation sites is 1. The molecule has 0 spiro atoms. The maximum absolute atomic E-state index is 12.1. The van der Waals surface area contributed by atoms with E-state index in [2.05, 4.69) is 21.6 Å². The third-order valence-electron chi connectivity index (χ3n) is 3.80. The van der Waals surface area contributed by atoms with Crippen molar-refractivity contribution >= 4 is 23.5 Å². The van der Waals surface area contributed by atoms with E-state index in [0.29, 0.717) is 6.54 Å². The maximum atomic E-state index is 12.1. The van der Waals surface area contributed by atoms with Gasteiger partial charge in [-0.1, -0.05) is 18.2 Å². The average Bonchev–Trinajstić information content (AvgIpc) is 3.09. The van der Waals surface area contributed by atoms with Crippen molar-refractivity contribution in [3.05, 3.63) is 54.0 Å². The minimum absolute atomic E-state index is 0.201. The first kappa shape index (κ1) is 16.0. The Bertz CT molecular complexity index is 625. The number of nitrogens with zero attached hydrogens (tertiary/aromatic N) is 1. The molecule has 1 saturated heterocycles. The summed E-state index contributed by atoms with van der Waals surface area (Å²) < 4.78 is 4.99. The van der Waals surface area contributed by atoms with Gasteiger partial charge in [0, 0.05) is 48.9 Å². The van der Waals surface area contributed by atoms with Crippen molar-refractivity contribution in [2.45, 2.75) is 13.1 Å². The molecule has 3 rings (SSSR count). The van der Waals surface area contributed by atoms with Crippen LogP contribution < -0.4 is 10.6 Å². The van der Waals surface area contributed by atoms with Gasteiger partial charge < -0.3 is 15.1 Å². The molecule has 2 heterocycles. The third kappa shape index (κ3) is 4.77. The van der Waals surface area contributed by atoms with E-state index in [-0.39, 0.29) is 6.03 Å². The summed E-state index contributed by atoms with van der Waals surface area (Å²) in [6, 6.07) is 9.62. The number of thioether (sulfide) groups is 1. The zero-order valence-corrected chi connectivity index (χ0v) is 13.8. The molecule has 6 heteroatoms. The number of amides is 2. The number of hydrogen-bond acceptors (Lipinski definition) is 4. The molecule has 1 aromatic carbocycles. The highest BCUT2D eigenvalue weighted by Gasteiger charge is 2.13. The van der Waals surface area contributed by atoms with E-state index in [0.717, 1.165) is 36.4 Å². The van der Waals surface area contributed by atoms with Crippen LogP contribution >= 0.6 is 11.8 Å². The summed E-state index contributed by atoms with van der Waals surface area (Å²) in [5.41, 5.74) is 2.97. The minimum atomic E-state index is -0.201. The predicted octanol–water partition coefficient (Wildman–Crippen LogP) is 3.15. The van der Waals surface area contributed by atoms with Crippen molar-refractivity contribution in [3.63, 3.8) is 0 Å². The van der Waals surface area contributed by atoms with Crippen LogP contribution in [0.15, 0.2) is 47.3 Å². The molecule has 0 radical (unpaired) electrons. The van der Waals surface area contributed by atoms with Gasteiger partial charge in [-0.3, -0.25) is 4.90 Å². The van der Waals surface area contributed by atoms with Crippen molar-refractivity contribution in [2.75, 3.05) is 29.9 Å². The number of carbonyl (C=O) groups excluding carboxylic acids is 1. The molecule has 2 amide bonds. The number of hydrogen-bond donors (Lipinski definition) is 2. The van der Waals surface area contributed by atoms with Gasteiger partial charge >= 0.3 is 6.03 Å². The first-order chi connectivity index (χ1) is 11.3. The summed E-state index contributed by atoms with van der Waals surface area (Å²) in [4.78, 5) is 14.5. The zero-order chi connectivity index (χ0) is 15.9. The van der Waals surface area contributed by atoms with E-state index in [1.165, 1.54) is 11.5 Å². The molecule has 1 aromatic heterocycles. The summed E-state index contributed by atoms with van der Waals surface area (Å²) in [5, 5.41) is 5.79. The van der Waals surface area contributed by atoms with Gasteiger partial charge in [0.15, 0.2) is 0 Å². The molecule has 0 aliphatic carbocycles. The molecule has 0 atom stereocenters. The molecule has 1 aliphatic rings. The lowest BCUT2D eigenvalue weighted by molar-refractivity contribution is 0.251. The van der Waals surface area contributed by atoms with E-state index >= 15 is 0 Å². The number of carbonyl (C=O) groups is 1. The summed E-state index contributed by atoms with van der Waals surface area (Å²) in [5.74, 6) is 2.36. The molecule has 2 N–H and O–H groups in total. The normalized spacial score (nSPS) is 15.3. The molecule has 122 valence electrons. The van der Waals surface area contributed by atoms with Crippen LogP contribution in [0.1, 0.15) is 11.1 Å². The number of urea groups is 1. The number of furan rings is 1. The van der Waals surface area contributed by atoms with Crippen molar-refractivity contribution in [1.82, 2.24) is 10.2 Å². The highest BCUT2D eigenvalue weighted by Crippen LogP contribution is 2.19. The highest BCUT2D eigenvalue weighted by atomic mass is 32.2. The van der Waals surface area contributed by atoms with Gasteiger partial charge in [0.1, 0.15) is 0 Å². The van der Waals surface area contributed by atoms with E-state index in [4.69, 9.17) is 4.42 Å². The molecule has 23 heavy (non-hydrogen) atoms. The fraction of sp³-hybridized carbons (Fsp3) is 0.353. The van der Waals surface area contributed by atoms with Crippen molar-refractivity contribution < 1.29 is 9.21 Å². The number of rotatable bonds is 5. The summed E-state index contributed by atoms with van der Waals surface area (Å²) in [7, 11) is 0. The van der Waals surface area contributed by atoms with Crippen LogP contribution in [0.2, 0.25) is 0 Å². The topological polar surface area (TPSA) is 57.5 Å². The highest BCUT2D eigenvalue weighted by molar-refractivity contribution is 7.99. The second-order valence-corrected chi connectivity index (χ2v) is 6.71. The summed E-state index contributed by atoms with van der Waals surface area (Å²) in [6.07, 6.45) is 3.23. The smallest absolute Gasteiger partial charge is 0.319 e. The van der Waals surface area contributed by atoms with Gasteiger partial charge in [-0.15, -0.1) is 0 Å². The lowest BCUT2D eigenvalue weighted by Crippen LogP contribution is -2.33. The summed E-state index contributed by atoms with van der Waals surface area (Å²) >= 11 is 2.00.